The molecular weight excluding hydrogens is 331 g/mol. The minimum Gasteiger partial charge on any atom is -0.464 e. The van der Waals surface area contributed by atoms with E-state index < -0.39 is 22.6 Å². The SMILES string of the molecule is COC(=O)c1nc(-c2c(S(C)=O)ccc(Cl)c2F)cnc1C. The topological polar surface area (TPSA) is 69.2 Å². The lowest BCUT2D eigenvalue weighted by molar-refractivity contribution is 0.0592. The van der Waals surface area contributed by atoms with Gasteiger partial charge < -0.3 is 4.74 Å². The number of nitrogens with zero attached hydrogens (tertiary/aromatic N) is 2. The summed E-state index contributed by atoms with van der Waals surface area (Å²) in [6, 6.07) is 2.77. The molecule has 0 saturated heterocycles. The van der Waals surface area contributed by atoms with Crippen LogP contribution in [0.1, 0.15) is 16.2 Å². The average Bonchev–Trinajstić information content (AvgIpc) is 2.49. The fourth-order valence-corrected chi connectivity index (χ4v) is 2.77. The second-order valence-corrected chi connectivity index (χ2v) is 6.12. The number of hydrogen-bond acceptors (Lipinski definition) is 5. The van der Waals surface area contributed by atoms with Crippen molar-refractivity contribution in [3.05, 3.63) is 40.6 Å². The number of ether oxygens (including phenoxy) is 1. The average molecular weight is 343 g/mol. The first kappa shape index (κ1) is 16.5. The highest BCUT2D eigenvalue weighted by molar-refractivity contribution is 7.84. The highest BCUT2D eigenvalue weighted by Crippen LogP contribution is 2.32. The predicted molar refractivity (Wildman–Crippen MR) is 80.8 cm³/mol. The van der Waals surface area contributed by atoms with Gasteiger partial charge in [-0.3, -0.25) is 9.19 Å². The van der Waals surface area contributed by atoms with Crippen molar-refractivity contribution in [1.29, 1.82) is 0 Å². The zero-order valence-corrected chi connectivity index (χ0v) is 13.6. The van der Waals surface area contributed by atoms with E-state index in [0.29, 0.717) is 5.69 Å². The van der Waals surface area contributed by atoms with Crippen molar-refractivity contribution in [2.45, 2.75) is 11.8 Å². The normalized spacial score (nSPS) is 12.0. The fourth-order valence-electron chi connectivity index (χ4n) is 1.87. The number of hydrogen-bond donors (Lipinski definition) is 0. The van der Waals surface area contributed by atoms with Crippen LogP contribution in [0.25, 0.3) is 11.3 Å². The Morgan fingerprint density at radius 2 is 2.09 bits per heavy atom. The Kier molecular flexibility index (Phi) is 4.87. The van der Waals surface area contributed by atoms with E-state index in [9.17, 15) is 13.4 Å². The Bertz CT molecular complexity index is 783. The Morgan fingerprint density at radius 3 is 2.68 bits per heavy atom. The van der Waals surface area contributed by atoms with Crippen LogP contribution in [-0.2, 0) is 15.5 Å². The molecule has 2 rings (SSSR count). The molecule has 0 amide bonds. The van der Waals surface area contributed by atoms with Crippen LogP contribution in [0, 0.1) is 12.7 Å². The van der Waals surface area contributed by atoms with E-state index in [2.05, 4.69) is 14.7 Å². The molecule has 116 valence electrons. The number of carbonyl (C=O) groups is 1. The van der Waals surface area contributed by atoms with Crippen molar-refractivity contribution in [3.63, 3.8) is 0 Å². The number of halogens is 2. The third kappa shape index (κ3) is 3.00. The number of aryl methyl sites for hydroxylation is 1. The highest BCUT2D eigenvalue weighted by Gasteiger charge is 2.21. The van der Waals surface area contributed by atoms with Crippen LogP contribution in [0.5, 0.6) is 0 Å². The zero-order valence-electron chi connectivity index (χ0n) is 12.0. The van der Waals surface area contributed by atoms with Crippen LogP contribution in [-0.4, -0.2) is 33.5 Å². The number of carbonyl (C=O) groups excluding carboxylic acids is 1. The van der Waals surface area contributed by atoms with E-state index in [0.717, 1.165) is 0 Å². The molecule has 0 aliphatic heterocycles. The molecule has 0 aliphatic rings. The van der Waals surface area contributed by atoms with Crippen molar-refractivity contribution in [1.82, 2.24) is 9.97 Å². The van der Waals surface area contributed by atoms with Gasteiger partial charge in [0.25, 0.3) is 0 Å². The summed E-state index contributed by atoms with van der Waals surface area (Å²) in [4.78, 5) is 20.0. The van der Waals surface area contributed by atoms with Crippen molar-refractivity contribution < 1.29 is 18.1 Å². The molecule has 0 aliphatic carbocycles. The first-order valence-electron chi connectivity index (χ1n) is 6.10. The smallest absolute Gasteiger partial charge is 0.358 e. The van der Waals surface area contributed by atoms with Gasteiger partial charge in [-0.2, -0.15) is 0 Å². The molecule has 0 N–H and O–H groups in total. The lowest BCUT2D eigenvalue weighted by Gasteiger charge is -2.11. The molecule has 0 bridgehead atoms. The van der Waals surface area contributed by atoms with Gasteiger partial charge in [-0.1, -0.05) is 11.6 Å². The van der Waals surface area contributed by atoms with Crippen molar-refractivity contribution in [2.75, 3.05) is 13.4 Å². The van der Waals surface area contributed by atoms with Crippen molar-refractivity contribution in [2.24, 2.45) is 0 Å². The van der Waals surface area contributed by atoms with Gasteiger partial charge in [0.1, 0.15) is 0 Å². The van der Waals surface area contributed by atoms with Gasteiger partial charge in [0.05, 0.1) is 51.0 Å². The van der Waals surface area contributed by atoms with Gasteiger partial charge in [-0.25, -0.2) is 14.2 Å². The van der Waals surface area contributed by atoms with Crippen LogP contribution in [0.3, 0.4) is 0 Å². The maximum Gasteiger partial charge on any atom is 0.358 e. The van der Waals surface area contributed by atoms with Gasteiger partial charge in [-0.15, -0.1) is 0 Å². The minimum absolute atomic E-state index is 0.0350. The molecule has 8 heteroatoms. The number of aromatic nitrogens is 2. The Labute approximate surface area is 134 Å². The first-order chi connectivity index (χ1) is 10.4. The second-order valence-electron chi connectivity index (χ2n) is 4.37. The lowest BCUT2D eigenvalue weighted by atomic mass is 10.1. The second kappa shape index (κ2) is 6.50. The largest absolute Gasteiger partial charge is 0.464 e. The quantitative estimate of drug-likeness (QED) is 0.802. The predicted octanol–water partition coefficient (Wildman–Crippen LogP) is 2.77. The Balaban J connectivity index is 2.74. The van der Waals surface area contributed by atoms with Crippen LogP contribution in [0.4, 0.5) is 4.39 Å². The van der Waals surface area contributed by atoms with Crippen molar-refractivity contribution >= 4 is 28.4 Å². The first-order valence-corrected chi connectivity index (χ1v) is 8.04. The summed E-state index contributed by atoms with van der Waals surface area (Å²) in [5, 5.41) is -0.133. The maximum atomic E-state index is 14.4. The third-order valence-electron chi connectivity index (χ3n) is 2.96. The summed E-state index contributed by atoms with van der Waals surface area (Å²) < 4.78 is 30.8. The molecule has 1 heterocycles. The summed E-state index contributed by atoms with van der Waals surface area (Å²) in [5.41, 5.74) is 0.339. The van der Waals surface area contributed by atoms with E-state index in [1.165, 1.54) is 31.7 Å². The molecule has 0 radical (unpaired) electrons. The maximum absolute atomic E-state index is 14.4. The van der Waals surface area contributed by atoms with Gasteiger partial charge in [-0.05, 0) is 19.1 Å². The molecule has 0 fully saturated rings. The van der Waals surface area contributed by atoms with Gasteiger partial charge in [0.2, 0.25) is 0 Å². The Hall–Kier alpha value is -1.86. The van der Waals surface area contributed by atoms with E-state index in [-0.39, 0.29) is 26.9 Å². The van der Waals surface area contributed by atoms with Gasteiger partial charge in [0.15, 0.2) is 11.5 Å². The van der Waals surface area contributed by atoms with E-state index in [1.807, 2.05) is 0 Å². The van der Waals surface area contributed by atoms with Crippen LogP contribution in [0.2, 0.25) is 5.02 Å². The number of esters is 1. The molecule has 2 aromatic rings. The summed E-state index contributed by atoms with van der Waals surface area (Å²) in [5.74, 6) is -1.45. The molecule has 1 unspecified atom stereocenters. The fraction of sp³-hybridized carbons (Fsp3) is 0.214. The summed E-state index contributed by atoms with van der Waals surface area (Å²) in [7, 11) is -0.256. The third-order valence-corrected chi connectivity index (χ3v) is 4.21. The molecule has 1 aromatic carbocycles. The number of methoxy groups -OCH3 is 1. The molecule has 1 atom stereocenters. The van der Waals surface area contributed by atoms with Crippen LogP contribution >= 0.6 is 11.6 Å². The Morgan fingerprint density at radius 1 is 1.41 bits per heavy atom. The number of benzene rings is 1. The van der Waals surface area contributed by atoms with E-state index in [1.54, 1.807) is 6.92 Å². The van der Waals surface area contributed by atoms with E-state index in [4.69, 9.17) is 11.6 Å². The minimum atomic E-state index is -1.47. The number of rotatable bonds is 3. The summed E-state index contributed by atoms with van der Waals surface area (Å²) in [6.07, 6.45) is 2.71. The van der Waals surface area contributed by atoms with Crippen molar-refractivity contribution in [3.8, 4) is 11.3 Å². The molecule has 0 saturated carbocycles. The monoisotopic (exact) mass is 342 g/mol. The molecule has 1 aromatic heterocycles. The van der Waals surface area contributed by atoms with E-state index >= 15 is 0 Å². The van der Waals surface area contributed by atoms with Crippen LogP contribution in [0.15, 0.2) is 23.2 Å². The molecule has 5 nitrogen and oxygen atoms in total. The highest BCUT2D eigenvalue weighted by atomic mass is 35.5. The molecular formula is C14H12ClFN2O3S. The van der Waals surface area contributed by atoms with Crippen LogP contribution < -0.4 is 0 Å². The van der Waals surface area contributed by atoms with Gasteiger partial charge >= 0.3 is 5.97 Å². The van der Waals surface area contributed by atoms with Gasteiger partial charge in [0, 0.05) is 6.26 Å². The zero-order chi connectivity index (χ0) is 16.4. The summed E-state index contributed by atoms with van der Waals surface area (Å²) >= 11 is 5.79. The standard InChI is InChI=1S/C14H12ClFN2O3S/c1-7-13(14(19)21-2)18-9(6-17-7)11-10(22(3)20)5-4-8(15)12(11)16/h4-6H,1-3H3. The summed E-state index contributed by atoms with van der Waals surface area (Å²) in [6.45, 7) is 1.58. The lowest BCUT2D eigenvalue weighted by Crippen LogP contribution is -2.10. The molecule has 0 spiro atoms. The molecule has 22 heavy (non-hydrogen) atoms.